The monoisotopic (exact) mass is 342 g/mol. The van der Waals surface area contributed by atoms with Gasteiger partial charge in [-0.05, 0) is 30.2 Å². The second kappa shape index (κ2) is 9.32. The first-order valence-electron chi connectivity index (χ1n) is 8.06. The summed E-state index contributed by atoms with van der Waals surface area (Å²) in [5, 5.41) is 2.70. The lowest BCUT2D eigenvalue weighted by Gasteiger charge is -2.18. The van der Waals surface area contributed by atoms with Gasteiger partial charge in [0.25, 0.3) is 0 Å². The molecule has 0 heterocycles. The third kappa shape index (κ3) is 6.18. The number of rotatable bonds is 7. The maximum atomic E-state index is 12.1. The highest BCUT2D eigenvalue weighted by Gasteiger charge is 2.20. The topological polar surface area (TPSA) is 90.6 Å². The van der Waals surface area contributed by atoms with Crippen LogP contribution in [0.2, 0.25) is 0 Å². The number of amides is 1. The molecule has 0 spiro atoms. The van der Waals surface area contributed by atoms with Crippen molar-refractivity contribution in [1.82, 2.24) is 5.32 Å². The lowest BCUT2D eigenvalue weighted by atomic mass is 10.0. The Morgan fingerprint density at radius 1 is 1.08 bits per heavy atom. The number of benzene rings is 2. The van der Waals surface area contributed by atoms with Gasteiger partial charge in [0, 0.05) is 5.69 Å². The summed E-state index contributed by atoms with van der Waals surface area (Å²) in [7, 11) is 0. The molecule has 0 aliphatic heterocycles. The van der Waals surface area contributed by atoms with E-state index in [0.717, 1.165) is 5.56 Å². The number of anilines is 1. The minimum Gasteiger partial charge on any atom is -0.466 e. The van der Waals surface area contributed by atoms with E-state index in [4.69, 9.17) is 15.2 Å². The minimum absolute atomic E-state index is 0.00225. The number of esters is 1. The fourth-order valence-corrected chi connectivity index (χ4v) is 2.32. The molecule has 1 amide bonds. The summed E-state index contributed by atoms with van der Waals surface area (Å²) in [6, 6.07) is 15.8. The van der Waals surface area contributed by atoms with Crippen molar-refractivity contribution >= 4 is 17.7 Å². The van der Waals surface area contributed by atoms with Gasteiger partial charge in [-0.25, -0.2) is 4.79 Å². The number of carbonyl (C=O) groups is 2. The van der Waals surface area contributed by atoms with Crippen molar-refractivity contribution < 1.29 is 19.1 Å². The zero-order chi connectivity index (χ0) is 18.1. The number of ether oxygens (including phenoxy) is 2. The van der Waals surface area contributed by atoms with E-state index in [1.165, 1.54) is 0 Å². The number of hydrogen-bond donors (Lipinski definition) is 2. The first-order valence-corrected chi connectivity index (χ1v) is 8.06. The van der Waals surface area contributed by atoms with Gasteiger partial charge in [0.15, 0.2) is 0 Å². The van der Waals surface area contributed by atoms with E-state index in [-0.39, 0.29) is 19.6 Å². The molecule has 25 heavy (non-hydrogen) atoms. The van der Waals surface area contributed by atoms with Gasteiger partial charge >= 0.3 is 12.1 Å². The molecule has 0 fully saturated rings. The van der Waals surface area contributed by atoms with Crippen LogP contribution in [0.5, 0.6) is 0 Å². The predicted molar refractivity (Wildman–Crippen MR) is 94.6 cm³/mol. The maximum absolute atomic E-state index is 12.1. The van der Waals surface area contributed by atoms with Gasteiger partial charge in [-0.15, -0.1) is 0 Å². The molecule has 2 aromatic rings. The summed E-state index contributed by atoms with van der Waals surface area (Å²) in [6.45, 7) is 2.16. The smallest absolute Gasteiger partial charge is 0.407 e. The first-order chi connectivity index (χ1) is 12.1. The van der Waals surface area contributed by atoms with Crippen molar-refractivity contribution in [2.75, 3.05) is 12.3 Å². The molecular formula is C19H22N2O4. The molecule has 0 radical (unpaired) electrons. The molecular weight excluding hydrogens is 320 g/mol. The first kappa shape index (κ1) is 18.3. The van der Waals surface area contributed by atoms with Crippen LogP contribution in [0.1, 0.15) is 30.5 Å². The van der Waals surface area contributed by atoms with Crippen molar-refractivity contribution in [3.63, 3.8) is 0 Å². The van der Waals surface area contributed by atoms with Crippen LogP contribution in [0.3, 0.4) is 0 Å². The number of nitrogens with one attached hydrogen (secondary N) is 1. The normalized spacial score (nSPS) is 11.4. The van der Waals surface area contributed by atoms with E-state index in [9.17, 15) is 9.59 Å². The second-order valence-electron chi connectivity index (χ2n) is 5.44. The van der Waals surface area contributed by atoms with E-state index < -0.39 is 18.1 Å². The van der Waals surface area contributed by atoms with Gasteiger partial charge in [0.2, 0.25) is 0 Å². The van der Waals surface area contributed by atoms with Crippen molar-refractivity contribution in [3.8, 4) is 0 Å². The van der Waals surface area contributed by atoms with Crippen LogP contribution < -0.4 is 11.1 Å². The maximum Gasteiger partial charge on any atom is 0.407 e. The van der Waals surface area contributed by atoms with Crippen molar-refractivity contribution in [3.05, 3.63) is 65.7 Å². The molecule has 0 saturated heterocycles. The molecule has 0 saturated carbocycles. The predicted octanol–water partition coefficient (Wildman–Crippen LogP) is 3.19. The van der Waals surface area contributed by atoms with Crippen molar-refractivity contribution in [1.29, 1.82) is 0 Å². The van der Waals surface area contributed by atoms with Crippen LogP contribution >= 0.6 is 0 Å². The van der Waals surface area contributed by atoms with E-state index in [1.807, 2.05) is 30.3 Å². The number of nitrogen functional groups attached to an aromatic ring is 1. The summed E-state index contributed by atoms with van der Waals surface area (Å²) in [6.07, 6.45) is -0.613. The van der Waals surface area contributed by atoms with E-state index in [1.54, 1.807) is 31.2 Å². The van der Waals surface area contributed by atoms with Gasteiger partial charge in [-0.2, -0.15) is 0 Å². The summed E-state index contributed by atoms with van der Waals surface area (Å²) in [5.74, 6) is -0.404. The molecule has 6 nitrogen and oxygen atoms in total. The second-order valence-corrected chi connectivity index (χ2v) is 5.44. The average molecular weight is 342 g/mol. The Labute approximate surface area is 146 Å². The molecule has 1 atom stereocenters. The van der Waals surface area contributed by atoms with Crippen LogP contribution in [-0.2, 0) is 20.9 Å². The number of carbonyl (C=O) groups excluding carboxylic acids is 2. The molecule has 0 aromatic heterocycles. The Bertz CT molecular complexity index is 704. The quantitative estimate of drug-likeness (QED) is 0.596. The molecule has 2 rings (SSSR count). The standard InChI is InChI=1S/C19H22N2O4/c1-2-24-18(22)12-17(15-9-6-10-16(20)11-15)21-19(23)25-13-14-7-4-3-5-8-14/h3-11,17H,2,12-13,20H2,1H3,(H,21,23)/t17-/m1/s1. The fourth-order valence-electron chi connectivity index (χ4n) is 2.32. The molecule has 6 heteroatoms. The van der Waals surface area contributed by atoms with E-state index in [0.29, 0.717) is 11.3 Å². The zero-order valence-corrected chi connectivity index (χ0v) is 14.1. The number of nitrogens with two attached hydrogens (primary N) is 1. The van der Waals surface area contributed by atoms with Crippen LogP contribution in [0.15, 0.2) is 54.6 Å². The summed E-state index contributed by atoms with van der Waals surface area (Å²) < 4.78 is 10.2. The number of alkyl carbamates (subject to hydrolysis) is 1. The lowest BCUT2D eigenvalue weighted by molar-refractivity contribution is -0.143. The van der Waals surface area contributed by atoms with Crippen molar-refractivity contribution in [2.45, 2.75) is 26.0 Å². The minimum atomic E-state index is -0.611. The molecule has 132 valence electrons. The average Bonchev–Trinajstić information content (AvgIpc) is 2.60. The third-order valence-electron chi connectivity index (χ3n) is 3.49. The Morgan fingerprint density at radius 3 is 2.52 bits per heavy atom. The summed E-state index contributed by atoms with van der Waals surface area (Å²) in [4.78, 5) is 23.9. The zero-order valence-electron chi connectivity index (χ0n) is 14.1. The van der Waals surface area contributed by atoms with Crippen molar-refractivity contribution in [2.24, 2.45) is 0 Å². The van der Waals surface area contributed by atoms with Crippen LogP contribution in [0.25, 0.3) is 0 Å². The SMILES string of the molecule is CCOC(=O)C[C@@H](NC(=O)OCc1ccccc1)c1cccc(N)c1. The molecule has 0 aliphatic rings. The highest BCUT2D eigenvalue weighted by Crippen LogP contribution is 2.20. The number of hydrogen-bond acceptors (Lipinski definition) is 5. The summed E-state index contributed by atoms with van der Waals surface area (Å²) >= 11 is 0. The van der Waals surface area contributed by atoms with Gasteiger partial charge < -0.3 is 20.5 Å². The van der Waals surface area contributed by atoms with Gasteiger partial charge in [0.05, 0.1) is 19.1 Å². The molecule has 0 unspecified atom stereocenters. The molecule has 0 bridgehead atoms. The highest BCUT2D eigenvalue weighted by atomic mass is 16.5. The van der Waals surface area contributed by atoms with E-state index >= 15 is 0 Å². The highest BCUT2D eigenvalue weighted by molar-refractivity contribution is 5.73. The molecule has 0 aliphatic carbocycles. The van der Waals surface area contributed by atoms with Gasteiger partial charge in [-0.3, -0.25) is 4.79 Å². The molecule has 3 N–H and O–H groups in total. The Hall–Kier alpha value is -3.02. The lowest BCUT2D eigenvalue weighted by Crippen LogP contribution is -2.31. The van der Waals surface area contributed by atoms with Gasteiger partial charge in [0.1, 0.15) is 6.61 Å². The van der Waals surface area contributed by atoms with Crippen LogP contribution in [0, 0.1) is 0 Å². The van der Waals surface area contributed by atoms with Crippen LogP contribution in [0.4, 0.5) is 10.5 Å². The molecule has 2 aromatic carbocycles. The Balaban J connectivity index is 2.01. The van der Waals surface area contributed by atoms with Gasteiger partial charge in [-0.1, -0.05) is 42.5 Å². The third-order valence-corrected chi connectivity index (χ3v) is 3.49. The van der Waals surface area contributed by atoms with Crippen LogP contribution in [-0.4, -0.2) is 18.7 Å². The fraction of sp³-hybridized carbons (Fsp3) is 0.263. The Morgan fingerprint density at radius 2 is 1.84 bits per heavy atom. The van der Waals surface area contributed by atoms with E-state index in [2.05, 4.69) is 5.32 Å². The Kier molecular flexibility index (Phi) is 6.83. The summed E-state index contributed by atoms with van der Waals surface area (Å²) in [5.41, 5.74) is 7.93. The largest absolute Gasteiger partial charge is 0.466 e.